The Labute approximate surface area is 103 Å². The minimum absolute atomic E-state index is 0.570. The van der Waals surface area contributed by atoms with Gasteiger partial charge in [-0.3, -0.25) is 0 Å². The molecule has 0 unspecified atom stereocenters. The van der Waals surface area contributed by atoms with Crippen LogP contribution in [0.2, 0.25) is 0 Å². The Morgan fingerprint density at radius 3 is 2.29 bits per heavy atom. The number of benzene rings is 1. The summed E-state index contributed by atoms with van der Waals surface area (Å²) in [7, 11) is 0. The number of aromatic nitrogens is 1. The minimum atomic E-state index is 0.570. The van der Waals surface area contributed by atoms with E-state index in [1.54, 1.807) is 6.20 Å². The average Bonchev–Trinajstić information content (AvgIpc) is 2.38. The number of hydrogen-bond acceptors (Lipinski definition) is 2. The van der Waals surface area contributed by atoms with Crippen molar-refractivity contribution in [3.63, 3.8) is 0 Å². The normalized spacial score (nSPS) is 10.5. The SMILES string of the molecule is CCc1ccc(-c2ccnc(N)c2)cc1CC. The Bertz CT molecular complexity index is 518. The van der Waals surface area contributed by atoms with Crippen LogP contribution in [0.25, 0.3) is 11.1 Å². The van der Waals surface area contributed by atoms with Crippen molar-refractivity contribution in [1.82, 2.24) is 4.98 Å². The predicted octanol–water partition coefficient (Wildman–Crippen LogP) is 3.46. The zero-order valence-electron chi connectivity index (χ0n) is 10.4. The zero-order chi connectivity index (χ0) is 12.3. The summed E-state index contributed by atoms with van der Waals surface area (Å²) in [6.45, 7) is 4.39. The molecule has 2 aromatic rings. The number of nitrogens with two attached hydrogens (primary N) is 1. The number of aryl methyl sites for hydroxylation is 2. The van der Waals surface area contributed by atoms with E-state index in [4.69, 9.17) is 5.73 Å². The first-order valence-electron chi connectivity index (χ1n) is 6.08. The summed E-state index contributed by atoms with van der Waals surface area (Å²) in [4.78, 5) is 4.02. The standard InChI is InChI=1S/C15H18N2/c1-3-11-5-6-13(9-12(11)4-2)14-7-8-17-15(16)10-14/h5-10H,3-4H2,1-2H3,(H2,16,17). The molecule has 0 bridgehead atoms. The number of pyridine rings is 1. The van der Waals surface area contributed by atoms with E-state index in [0.717, 1.165) is 18.4 Å². The van der Waals surface area contributed by atoms with Crippen LogP contribution in [0.15, 0.2) is 36.5 Å². The van der Waals surface area contributed by atoms with E-state index >= 15 is 0 Å². The fraction of sp³-hybridized carbons (Fsp3) is 0.267. The molecule has 0 radical (unpaired) electrons. The summed E-state index contributed by atoms with van der Waals surface area (Å²) in [5.74, 6) is 0.570. The van der Waals surface area contributed by atoms with Crippen LogP contribution in [-0.4, -0.2) is 4.98 Å². The Hall–Kier alpha value is -1.83. The second kappa shape index (κ2) is 5.00. The molecule has 0 amide bonds. The van der Waals surface area contributed by atoms with E-state index < -0.39 is 0 Å². The highest BCUT2D eigenvalue weighted by Gasteiger charge is 2.03. The summed E-state index contributed by atoms with van der Waals surface area (Å²) in [5, 5.41) is 0. The van der Waals surface area contributed by atoms with Crippen LogP contribution in [-0.2, 0) is 12.8 Å². The van der Waals surface area contributed by atoms with Crippen molar-refractivity contribution in [3.8, 4) is 11.1 Å². The fourth-order valence-electron chi connectivity index (χ4n) is 2.11. The molecule has 88 valence electrons. The molecule has 2 rings (SSSR count). The van der Waals surface area contributed by atoms with Crippen molar-refractivity contribution in [2.24, 2.45) is 0 Å². The van der Waals surface area contributed by atoms with Crippen molar-refractivity contribution in [2.75, 3.05) is 5.73 Å². The Morgan fingerprint density at radius 1 is 0.941 bits per heavy atom. The molecular weight excluding hydrogens is 208 g/mol. The van der Waals surface area contributed by atoms with Gasteiger partial charge in [0, 0.05) is 6.20 Å². The van der Waals surface area contributed by atoms with Crippen LogP contribution in [0.4, 0.5) is 5.82 Å². The summed E-state index contributed by atoms with van der Waals surface area (Å²) in [6.07, 6.45) is 3.91. The van der Waals surface area contributed by atoms with Gasteiger partial charge in [0.15, 0.2) is 0 Å². The van der Waals surface area contributed by atoms with E-state index in [2.05, 4.69) is 37.0 Å². The average molecular weight is 226 g/mol. The third-order valence-electron chi connectivity index (χ3n) is 3.08. The number of rotatable bonds is 3. The third-order valence-corrected chi connectivity index (χ3v) is 3.08. The van der Waals surface area contributed by atoms with Crippen LogP contribution in [0.1, 0.15) is 25.0 Å². The molecule has 0 aliphatic rings. The zero-order valence-corrected chi connectivity index (χ0v) is 10.4. The molecule has 0 aliphatic heterocycles. The topological polar surface area (TPSA) is 38.9 Å². The number of anilines is 1. The lowest BCUT2D eigenvalue weighted by Gasteiger charge is -2.09. The summed E-state index contributed by atoms with van der Waals surface area (Å²) in [6, 6.07) is 10.5. The van der Waals surface area contributed by atoms with Crippen LogP contribution in [0.3, 0.4) is 0 Å². The van der Waals surface area contributed by atoms with Crippen LogP contribution in [0.5, 0.6) is 0 Å². The summed E-state index contributed by atoms with van der Waals surface area (Å²) < 4.78 is 0. The largest absolute Gasteiger partial charge is 0.384 e. The van der Waals surface area contributed by atoms with Crippen molar-refractivity contribution < 1.29 is 0 Å². The molecule has 0 fully saturated rings. The molecule has 2 nitrogen and oxygen atoms in total. The second-order valence-electron chi connectivity index (χ2n) is 4.16. The van der Waals surface area contributed by atoms with E-state index in [1.165, 1.54) is 16.7 Å². The van der Waals surface area contributed by atoms with E-state index in [1.807, 2.05) is 12.1 Å². The molecule has 0 spiro atoms. The smallest absolute Gasteiger partial charge is 0.123 e. The first kappa shape index (κ1) is 11.6. The fourth-order valence-corrected chi connectivity index (χ4v) is 2.11. The van der Waals surface area contributed by atoms with Gasteiger partial charge in [0.1, 0.15) is 5.82 Å². The lowest BCUT2D eigenvalue weighted by atomic mass is 9.97. The van der Waals surface area contributed by atoms with Gasteiger partial charge in [-0.2, -0.15) is 0 Å². The molecule has 0 atom stereocenters. The van der Waals surface area contributed by atoms with Gasteiger partial charge in [0.25, 0.3) is 0 Å². The molecule has 1 aromatic heterocycles. The van der Waals surface area contributed by atoms with E-state index in [9.17, 15) is 0 Å². The molecule has 1 aromatic carbocycles. The molecule has 17 heavy (non-hydrogen) atoms. The highest BCUT2D eigenvalue weighted by atomic mass is 14.8. The summed E-state index contributed by atoms with van der Waals surface area (Å²) >= 11 is 0. The van der Waals surface area contributed by atoms with Crippen LogP contribution >= 0.6 is 0 Å². The monoisotopic (exact) mass is 226 g/mol. The number of nitrogens with zero attached hydrogens (tertiary/aromatic N) is 1. The molecule has 2 N–H and O–H groups in total. The van der Waals surface area contributed by atoms with Gasteiger partial charge in [-0.1, -0.05) is 32.0 Å². The molecular formula is C15H18N2. The molecule has 0 saturated carbocycles. The van der Waals surface area contributed by atoms with Gasteiger partial charge in [0.2, 0.25) is 0 Å². The van der Waals surface area contributed by atoms with Gasteiger partial charge in [-0.05, 0) is 47.2 Å². The molecule has 1 heterocycles. The maximum absolute atomic E-state index is 5.71. The highest BCUT2D eigenvalue weighted by molar-refractivity contribution is 5.67. The van der Waals surface area contributed by atoms with Gasteiger partial charge < -0.3 is 5.73 Å². The summed E-state index contributed by atoms with van der Waals surface area (Å²) in [5.41, 5.74) is 10.9. The second-order valence-corrected chi connectivity index (χ2v) is 4.16. The van der Waals surface area contributed by atoms with Gasteiger partial charge >= 0.3 is 0 Å². The van der Waals surface area contributed by atoms with E-state index in [-0.39, 0.29) is 0 Å². The minimum Gasteiger partial charge on any atom is -0.384 e. The maximum Gasteiger partial charge on any atom is 0.123 e. The molecule has 0 saturated heterocycles. The number of hydrogen-bond donors (Lipinski definition) is 1. The van der Waals surface area contributed by atoms with Crippen molar-refractivity contribution >= 4 is 5.82 Å². The quantitative estimate of drug-likeness (QED) is 0.870. The van der Waals surface area contributed by atoms with Crippen molar-refractivity contribution in [3.05, 3.63) is 47.7 Å². The molecule has 2 heteroatoms. The van der Waals surface area contributed by atoms with Crippen molar-refractivity contribution in [1.29, 1.82) is 0 Å². The van der Waals surface area contributed by atoms with Crippen molar-refractivity contribution in [2.45, 2.75) is 26.7 Å². The first-order valence-corrected chi connectivity index (χ1v) is 6.08. The first-order chi connectivity index (χ1) is 8.24. The Kier molecular flexibility index (Phi) is 3.43. The molecule has 0 aliphatic carbocycles. The van der Waals surface area contributed by atoms with E-state index in [0.29, 0.717) is 5.82 Å². The third kappa shape index (κ3) is 2.47. The number of nitrogen functional groups attached to an aromatic ring is 1. The van der Waals surface area contributed by atoms with Gasteiger partial charge in [-0.15, -0.1) is 0 Å². The predicted molar refractivity (Wildman–Crippen MR) is 72.8 cm³/mol. The Morgan fingerprint density at radius 2 is 1.65 bits per heavy atom. The lowest BCUT2D eigenvalue weighted by Crippen LogP contribution is -1.93. The Balaban J connectivity index is 2.46. The maximum atomic E-state index is 5.71. The lowest BCUT2D eigenvalue weighted by molar-refractivity contribution is 1.04. The highest BCUT2D eigenvalue weighted by Crippen LogP contribution is 2.24. The van der Waals surface area contributed by atoms with Crippen LogP contribution in [0, 0.1) is 0 Å². The van der Waals surface area contributed by atoms with Gasteiger partial charge in [-0.25, -0.2) is 4.98 Å². The van der Waals surface area contributed by atoms with Gasteiger partial charge in [0.05, 0.1) is 0 Å². The van der Waals surface area contributed by atoms with Crippen LogP contribution < -0.4 is 5.73 Å².